The van der Waals surface area contributed by atoms with Gasteiger partial charge >= 0.3 is 0 Å². The van der Waals surface area contributed by atoms with Gasteiger partial charge in [-0.2, -0.15) is 0 Å². The second kappa shape index (κ2) is 4.75. The molecule has 0 aliphatic heterocycles. The van der Waals surface area contributed by atoms with Gasteiger partial charge in [0.25, 0.3) is 0 Å². The van der Waals surface area contributed by atoms with Crippen molar-refractivity contribution >= 4 is 17.0 Å². The predicted octanol–water partition coefficient (Wildman–Crippen LogP) is 1.88. The van der Waals surface area contributed by atoms with Crippen molar-refractivity contribution in [3.63, 3.8) is 0 Å². The highest BCUT2D eigenvalue weighted by atomic mass is 15.2. The largest absolute Gasteiger partial charge is 0.369 e. The van der Waals surface area contributed by atoms with E-state index in [9.17, 15) is 0 Å². The van der Waals surface area contributed by atoms with Crippen molar-refractivity contribution in [2.45, 2.75) is 19.9 Å². The molecule has 2 aromatic rings. The Morgan fingerprint density at radius 3 is 2.82 bits per heavy atom. The second-order valence-corrected chi connectivity index (χ2v) is 4.77. The molecule has 0 unspecified atom stereocenters. The maximum atomic E-state index is 5.96. The molecule has 17 heavy (non-hydrogen) atoms. The number of nitrogens with two attached hydrogens (primary N) is 1. The van der Waals surface area contributed by atoms with Gasteiger partial charge in [-0.1, -0.05) is 6.07 Å². The van der Waals surface area contributed by atoms with Gasteiger partial charge in [-0.25, -0.2) is 4.98 Å². The molecule has 2 rings (SSSR count). The molecule has 2 N–H and O–H groups in total. The van der Waals surface area contributed by atoms with Crippen LogP contribution in [0.1, 0.15) is 12.0 Å². The Balaban J connectivity index is 2.24. The number of benzene rings is 1. The standard InChI is InChI=1S/C13H20N4/c1-10-5-6-12-11(9-10)15-13(14)17(12)8-4-7-16(2)3/h5-6,9H,4,7-8H2,1-3H3,(H2,14,15). The average Bonchev–Trinajstić information content (AvgIpc) is 2.54. The Labute approximate surface area is 102 Å². The summed E-state index contributed by atoms with van der Waals surface area (Å²) >= 11 is 0. The highest BCUT2D eigenvalue weighted by molar-refractivity contribution is 5.79. The molecular formula is C13H20N4. The Morgan fingerprint density at radius 2 is 2.12 bits per heavy atom. The summed E-state index contributed by atoms with van der Waals surface area (Å²) in [6.07, 6.45) is 1.08. The lowest BCUT2D eigenvalue weighted by molar-refractivity contribution is 0.388. The number of anilines is 1. The summed E-state index contributed by atoms with van der Waals surface area (Å²) in [5.41, 5.74) is 9.30. The average molecular weight is 232 g/mol. The van der Waals surface area contributed by atoms with Crippen LogP contribution in [0, 0.1) is 6.92 Å². The highest BCUT2D eigenvalue weighted by Crippen LogP contribution is 2.19. The number of aryl methyl sites for hydroxylation is 2. The normalized spacial score (nSPS) is 11.5. The van der Waals surface area contributed by atoms with Crippen LogP contribution >= 0.6 is 0 Å². The van der Waals surface area contributed by atoms with E-state index in [2.05, 4.69) is 53.7 Å². The molecule has 0 saturated carbocycles. The maximum absolute atomic E-state index is 5.96. The minimum Gasteiger partial charge on any atom is -0.369 e. The van der Waals surface area contributed by atoms with E-state index < -0.39 is 0 Å². The van der Waals surface area contributed by atoms with Crippen molar-refractivity contribution in [3.05, 3.63) is 23.8 Å². The van der Waals surface area contributed by atoms with Crippen LogP contribution in [-0.4, -0.2) is 35.1 Å². The molecule has 0 aliphatic carbocycles. The molecule has 0 saturated heterocycles. The summed E-state index contributed by atoms with van der Waals surface area (Å²) in [7, 11) is 4.16. The Hall–Kier alpha value is -1.55. The number of nitrogen functional groups attached to an aromatic ring is 1. The van der Waals surface area contributed by atoms with Crippen molar-refractivity contribution in [2.24, 2.45) is 0 Å². The molecule has 1 aromatic carbocycles. The first kappa shape index (κ1) is 11.9. The fourth-order valence-corrected chi connectivity index (χ4v) is 2.04. The SMILES string of the molecule is Cc1ccc2c(c1)nc(N)n2CCCN(C)C. The van der Waals surface area contributed by atoms with Gasteiger partial charge in [0.1, 0.15) is 0 Å². The van der Waals surface area contributed by atoms with E-state index in [1.54, 1.807) is 0 Å². The fourth-order valence-electron chi connectivity index (χ4n) is 2.04. The molecule has 0 aliphatic rings. The van der Waals surface area contributed by atoms with E-state index in [1.807, 2.05) is 0 Å². The maximum Gasteiger partial charge on any atom is 0.201 e. The van der Waals surface area contributed by atoms with Crippen LogP contribution in [0.25, 0.3) is 11.0 Å². The number of imidazole rings is 1. The number of hydrogen-bond donors (Lipinski definition) is 1. The van der Waals surface area contributed by atoms with Gasteiger partial charge in [-0.15, -0.1) is 0 Å². The van der Waals surface area contributed by atoms with Crippen molar-refractivity contribution < 1.29 is 0 Å². The van der Waals surface area contributed by atoms with Gasteiger partial charge in [0, 0.05) is 6.54 Å². The Morgan fingerprint density at radius 1 is 1.35 bits per heavy atom. The van der Waals surface area contributed by atoms with Crippen LogP contribution in [0.3, 0.4) is 0 Å². The van der Waals surface area contributed by atoms with Crippen molar-refractivity contribution in [2.75, 3.05) is 26.4 Å². The summed E-state index contributed by atoms with van der Waals surface area (Å²) in [5, 5.41) is 0. The van der Waals surface area contributed by atoms with E-state index >= 15 is 0 Å². The minimum absolute atomic E-state index is 0.615. The third-order valence-corrected chi connectivity index (χ3v) is 2.92. The minimum atomic E-state index is 0.615. The van der Waals surface area contributed by atoms with Crippen LogP contribution in [0.15, 0.2) is 18.2 Å². The van der Waals surface area contributed by atoms with Crippen LogP contribution in [0.5, 0.6) is 0 Å². The molecule has 0 amide bonds. The smallest absolute Gasteiger partial charge is 0.201 e. The van der Waals surface area contributed by atoms with E-state index in [0.29, 0.717) is 5.95 Å². The second-order valence-electron chi connectivity index (χ2n) is 4.77. The van der Waals surface area contributed by atoms with E-state index in [0.717, 1.165) is 30.5 Å². The first-order valence-electron chi connectivity index (χ1n) is 5.95. The highest BCUT2D eigenvalue weighted by Gasteiger charge is 2.07. The van der Waals surface area contributed by atoms with Crippen LogP contribution < -0.4 is 5.73 Å². The summed E-state index contributed by atoms with van der Waals surface area (Å²) < 4.78 is 2.10. The first-order chi connectivity index (χ1) is 8.08. The summed E-state index contributed by atoms with van der Waals surface area (Å²) in [6, 6.07) is 6.28. The number of fused-ring (bicyclic) bond motifs is 1. The zero-order valence-electron chi connectivity index (χ0n) is 10.8. The lowest BCUT2D eigenvalue weighted by atomic mass is 10.2. The number of rotatable bonds is 4. The Kier molecular flexibility index (Phi) is 3.33. The number of aromatic nitrogens is 2. The van der Waals surface area contributed by atoms with E-state index in [1.165, 1.54) is 5.56 Å². The van der Waals surface area contributed by atoms with Gasteiger partial charge in [0.2, 0.25) is 5.95 Å². The summed E-state index contributed by atoms with van der Waals surface area (Å²) in [5.74, 6) is 0.615. The number of nitrogens with zero attached hydrogens (tertiary/aromatic N) is 3. The Bertz CT molecular complexity index is 513. The number of hydrogen-bond acceptors (Lipinski definition) is 3. The molecule has 0 bridgehead atoms. The topological polar surface area (TPSA) is 47.1 Å². The third-order valence-electron chi connectivity index (χ3n) is 2.92. The molecule has 1 heterocycles. The van der Waals surface area contributed by atoms with Crippen molar-refractivity contribution in [1.82, 2.24) is 14.5 Å². The molecule has 1 aromatic heterocycles. The third kappa shape index (κ3) is 2.58. The fraction of sp³-hybridized carbons (Fsp3) is 0.462. The zero-order chi connectivity index (χ0) is 12.4. The lowest BCUT2D eigenvalue weighted by Crippen LogP contribution is -2.15. The molecule has 4 nitrogen and oxygen atoms in total. The molecule has 0 atom stereocenters. The molecule has 4 heteroatoms. The van der Waals surface area contributed by atoms with Gasteiger partial charge in [-0.05, 0) is 51.7 Å². The van der Waals surface area contributed by atoms with Crippen LogP contribution in [-0.2, 0) is 6.54 Å². The van der Waals surface area contributed by atoms with Crippen LogP contribution in [0.4, 0.5) is 5.95 Å². The van der Waals surface area contributed by atoms with Crippen molar-refractivity contribution in [3.8, 4) is 0 Å². The van der Waals surface area contributed by atoms with Gasteiger partial charge in [0.05, 0.1) is 11.0 Å². The quantitative estimate of drug-likeness (QED) is 0.875. The van der Waals surface area contributed by atoms with E-state index in [-0.39, 0.29) is 0 Å². The molecular weight excluding hydrogens is 212 g/mol. The van der Waals surface area contributed by atoms with Crippen molar-refractivity contribution in [1.29, 1.82) is 0 Å². The molecule has 0 radical (unpaired) electrons. The molecule has 0 spiro atoms. The van der Waals surface area contributed by atoms with Crippen LogP contribution in [0.2, 0.25) is 0 Å². The lowest BCUT2D eigenvalue weighted by Gasteiger charge is -2.10. The first-order valence-corrected chi connectivity index (χ1v) is 5.95. The monoisotopic (exact) mass is 232 g/mol. The van der Waals surface area contributed by atoms with Gasteiger partial charge in [0.15, 0.2) is 0 Å². The molecule has 0 fully saturated rings. The van der Waals surface area contributed by atoms with E-state index in [4.69, 9.17) is 5.73 Å². The van der Waals surface area contributed by atoms with Gasteiger partial charge < -0.3 is 15.2 Å². The summed E-state index contributed by atoms with van der Waals surface area (Å²) in [6.45, 7) is 4.05. The predicted molar refractivity (Wildman–Crippen MR) is 72.1 cm³/mol. The molecule has 92 valence electrons. The summed E-state index contributed by atoms with van der Waals surface area (Å²) in [4.78, 5) is 6.58. The van der Waals surface area contributed by atoms with Gasteiger partial charge in [-0.3, -0.25) is 0 Å². The zero-order valence-corrected chi connectivity index (χ0v) is 10.8.